The standard InChI is InChI=1S/C13H25N5O2S/c1-3-4-14-10-12-9-13(11-15-12)21(19,20)16-18-7-5-17(2)6-8-18/h9,11,14-16H,3-8,10H2,1-2H3. The second-order valence-electron chi connectivity index (χ2n) is 5.42. The monoisotopic (exact) mass is 315 g/mol. The zero-order chi connectivity index (χ0) is 15.3. The number of sulfonamides is 1. The highest BCUT2D eigenvalue weighted by molar-refractivity contribution is 7.89. The topological polar surface area (TPSA) is 80.5 Å². The van der Waals surface area contributed by atoms with Crippen molar-refractivity contribution in [3.05, 3.63) is 18.0 Å². The van der Waals surface area contributed by atoms with Gasteiger partial charge >= 0.3 is 0 Å². The molecule has 0 aliphatic carbocycles. The number of hydrogen-bond donors (Lipinski definition) is 3. The van der Waals surface area contributed by atoms with Gasteiger partial charge in [0.2, 0.25) is 0 Å². The molecule has 0 unspecified atom stereocenters. The number of likely N-dealkylation sites (N-methyl/N-ethyl adjacent to an activating group) is 1. The molecule has 21 heavy (non-hydrogen) atoms. The van der Waals surface area contributed by atoms with E-state index in [1.54, 1.807) is 17.3 Å². The Hall–Kier alpha value is -0.930. The smallest absolute Gasteiger partial charge is 0.254 e. The second-order valence-corrected chi connectivity index (χ2v) is 7.08. The van der Waals surface area contributed by atoms with Gasteiger partial charge in [-0.25, -0.2) is 13.4 Å². The Morgan fingerprint density at radius 3 is 2.67 bits per heavy atom. The van der Waals surface area contributed by atoms with E-state index in [0.29, 0.717) is 19.6 Å². The average molecular weight is 315 g/mol. The molecule has 1 aromatic heterocycles. The molecule has 0 spiro atoms. The van der Waals surface area contributed by atoms with Crippen molar-refractivity contribution in [1.29, 1.82) is 0 Å². The maximum atomic E-state index is 12.3. The van der Waals surface area contributed by atoms with Crippen molar-refractivity contribution in [3.8, 4) is 0 Å². The Bertz CT molecular complexity index is 535. The third kappa shape index (κ3) is 4.79. The molecule has 0 aromatic carbocycles. The van der Waals surface area contributed by atoms with Gasteiger partial charge in [-0.15, -0.1) is 4.83 Å². The van der Waals surface area contributed by atoms with Crippen molar-refractivity contribution in [2.24, 2.45) is 0 Å². The van der Waals surface area contributed by atoms with E-state index in [9.17, 15) is 8.42 Å². The molecule has 0 amide bonds. The quantitative estimate of drug-likeness (QED) is 0.615. The second kappa shape index (κ2) is 7.37. The van der Waals surface area contributed by atoms with Crippen LogP contribution in [0, 0.1) is 0 Å². The van der Waals surface area contributed by atoms with Gasteiger partial charge in [0, 0.05) is 44.6 Å². The summed E-state index contributed by atoms with van der Waals surface area (Å²) >= 11 is 0. The van der Waals surface area contributed by atoms with Crippen molar-refractivity contribution >= 4 is 10.0 Å². The summed E-state index contributed by atoms with van der Waals surface area (Å²) in [5, 5.41) is 5.00. The van der Waals surface area contributed by atoms with Crippen LogP contribution >= 0.6 is 0 Å². The van der Waals surface area contributed by atoms with E-state index in [1.807, 2.05) is 7.05 Å². The maximum Gasteiger partial charge on any atom is 0.254 e. The lowest BCUT2D eigenvalue weighted by Crippen LogP contribution is -2.52. The number of nitrogens with zero attached hydrogens (tertiary/aromatic N) is 2. The molecule has 1 fully saturated rings. The van der Waals surface area contributed by atoms with Crippen LogP contribution in [-0.4, -0.2) is 63.1 Å². The number of rotatable bonds is 7. The highest BCUT2D eigenvalue weighted by Gasteiger charge is 2.22. The first-order chi connectivity index (χ1) is 10.0. The van der Waals surface area contributed by atoms with E-state index >= 15 is 0 Å². The van der Waals surface area contributed by atoms with E-state index in [1.165, 1.54) is 0 Å². The average Bonchev–Trinajstić information content (AvgIpc) is 2.91. The SMILES string of the molecule is CCCNCc1cc(S(=O)(=O)NN2CCN(C)CC2)c[nH]1. The predicted octanol–water partition coefficient (Wildman–Crippen LogP) is -0.0450. The number of aromatic nitrogens is 1. The summed E-state index contributed by atoms with van der Waals surface area (Å²) in [4.78, 5) is 8.12. The van der Waals surface area contributed by atoms with Crippen molar-refractivity contribution in [3.63, 3.8) is 0 Å². The molecular formula is C13H25N5O2S. The number of nitrogens with one attached hydrogen (secondary N) is 3. The molecule has 3 N–H and O–H groups in total. The molecule has 1 aromatic rings. The molecule has 8 heteroatoms. The third-order valence-electron chi connectivity index (χ3n) is 3.52. The summed E-state index contributed by atoms with van der Waals surface area (Å²) in [7, 11) is -1.45. The van der Waals surface area contributed by atoms with Gasteiger partial charge in [-0.2, -0.15) is 0 Å². The molecule has 2 heterocycles. The summed E-state index contributed by atoms with van der Waals surface area (Å²) in [5.74, 6) is 0. The minimum Gasteiger partial charge on any atom is -0.363 e. The lowest BCUT2D eigenvalue weighted by atomic mass is 10.4. The number of hydrazine groups is 1. The zero-order valence-corrected chi connectivity index (χ0v) is 13.5. The molecule has 0 radical (unpaired) electrons. The first-order valence-corrected chi connectivity index (χ1v) is 8.83. The number of aromatic amines is 1. The minimum atomic E-state index is -3.49. The number of piperazine rings is 1. The number of H-pyrrole nitrogens is 1. The highest BCUT2D eigenvalue weighted by atomic mass is 32.2. The van der Waals surface area contributed by atoms with Gasteiger partial charge in [-0.3, -0.25) is 0 Å². The van der Waals surface area contributed by atoms with Crippen molar-refractivity contribution in [2.75, 3.05) is 39.8 Å². The van der Waals surface area contributed by atoms with Crippen molar-refractivity contribution in [2.45, 2.75) is 24.8 Å². The van der Waals surface area contributed by atoms with Crippen LogP contribution in [-0.2, 0) is 16.6 Å². The molecule has 1 saturated heterocycles. The highest BCUT2D eigenvalue weighted by Crippen LogP contribution is 2.11. The van der Waals surface area contributed by atoms with Crippen LogP contribution in [0.5, 0.6) is 0 Å². The van der Waals surface area contributed by atoms with Gasteiger partial charge < -0.3 is 15.2 Å². The lowest BCUT2D eigenvalue weighted by Gasteiger charge is -2.31. The first-order valence-electron chi connectivity index (χ1n) is 7.35. The van der Waals surface area contributed by atoms with Crippen LogP contribution < -0.4 is 10.1 Å². The van der Waals surface area contributed by atoms with E-state index in [2.05, 4.69) is 27.0 Å². The Kier molecular flexibility index (Phi) is 5.77. The fraction of sp³-hybridized carbons (Fsp3) is 0.692. The minimum absolute atomic E-state index is 0.287. The Balaban J connectivity index is 1.93. The van der Waals surface area contributed by atoms with Crippen LogP contribution in [0.25, 0.3) is 0 Å². The Labute approximate surface area is 126 Å². The summed E-state index contributed by atoms with van der Waals surface area (Å²) in [5.41, 5.74) is 0.877. The van der Waals surface area contributed by atoms with Crippen LogP contribution in [0.1, 0.15) is 19.0 Å². The van der Waals surface area contributed by atoms with E-state index in [4.69, 9.17) is 0 Å². The number of hydrogen-bond acceptors (Lipinski definition) is 5. The van der Waals surface area contributed by atoms with E-state index < -0.39 is 10.0 Å². The van der Waals surface area contributed by atoms with E-state index in [-0.39, 0.29) is 4.90 Å². The molecule has 1 aliphatic rings. The molecular weight excluding hydrogens is 290 g/mol. The van der Waals surface area contributed by atoms with Crippen LogP contribution in [0.3, 0.4) is 0 Å². The molecule has 1 aliphatic heterocycles. The van der Waals surface area contributed by atoms with Gasteiger partial charge in [0.25, 0.3) is 10.0 Å². The molecule has 0 bridgehead atoms. The molecule has 2 rings (SSSR count). The van der Waals surface area contributed by atoms with Crippen molar-refractivity contribution in [1.82, 2.24) is 25.0 Å². The lowest BCUT2D eigenvalue weighted by molar-refractivity contribution is 0.135. The summed E-state index contributed by atoms with van der Waals surface area (Å²) < 4.78 is 24.6. The third-order valence-corrected chi connectivity index (χ3v) is 4.88. The predicted molar refractivity (Wildman–Crippen MR) is 82.2 cm³/mol. The van der Waals surface area contributed by atoms with Gasteiger partial charge in [-0.1, -0.05) is 6.92 Å². The normalized spacial score (nSPS) is 18.2. The molecule has 120 valence electrons. The Morgan fingerprint density at radius 2 is 2.00 bits per heavy atom. The zero-order valence-electron chi connectivity index (χ0n) is 12.7. The van der Waals surface area contributed by atoms with Gasteiger partial charge in [0.05, 0.1) is 0 Å². The van der Waals surface area contributed by atoms with Crippen LogP contribution in [0.15, 0.2) is 17.2 Å². The largest absolute Gasteiger partial charge is 0.363 e. The fourth-order valence-corrected chi connectivity index (χ4v) is 3.34. The van der Waals surface area contributed by atoms with Gasteiger partial charge in [0.15, 0.2) is 0 Å². The molecule has 0 saturated carbocycles. The Morgan fingerprint density at radius 1 is 1.29 bits per heavy atom. The summed E-state index contributed by atoms with van der Waals surface area (Å²) in [6, 6.07) is 1.68. The molecule has 0 atom stereocenters. The summed E-state index contributed by atoms with van der Waals surface area (Å²) in [6.45, 7) is 6.79. The first kappa shape index (κ1) is 16.4. The summed E-state index contributed by atoms with van der Waals surface area (Å²) in [6.07, 6.45) is 2.60. The molecule has 7 nitrogen and oxygen atoms in total. The van der Waals surface area contributed by atoms with Crippen molar-refractivity contribution < 1.29 is 8.42 Å². The van der Waals surface area contributed by atoms with Crippen LogP contribution in [0.4, 0.5) is 0 Å². The van der Waals surface area contributed by atoms with Crippen LogP contribution in [0.2, 0.25) is 0 Å². The van der Waals surface area contributed by atoms with Gasteiger partial charge in [-0.05, 0) is 26.1 Å². The van der Waals surface area contributed by atoms with Gasteiger partial charge in [0.1, 0.15) is 4.90 Å². The maximum absolute atomic E-state index is 12.3. The fourth-order valence-electron chi connectivity index (χ4n) is 2.20. The van der Waals surface area contributed by atoms with E-state index in [0.717, 1.165) is 31.7 Å².